The van der Waals surface area contributed by atoms with Gasteiger partial charge in [0.05, 0.1) is 14.2 Å². The monoisotopic (exact) mass is 542 g/mol. The first-order chi connectivity index (χ1) is 17.8. The molecule has 3 aromatic carbocycles. The molecule has 0 aliphatic heterocycles. The van der Waals surface area contributed by atoms with Crippen LogP contribution in [0.5, 0.6) is 11.5 Å². The number of benzene rings is 3. The molecule has 0 spiro atoms. The predicted molar refractivity (Wildman–Crippen MR) is 140 cm³/mol. The molecule has 11 heteroatoms. The van der Waals surface area contributed by atoms with E-state index < -0.39 is 10.0 Å². The number of nitrogens with one attached hydrogen (secondary N) is 1. The van der Waals surface area contributed by atoms with Crippen LogP contribution >= 0.6 is 11.8 Å². The Bertz CT molecular complexity index is 1470. The Kier molecular flexibility index (Phi) is 8.47. The number of aromatic nitrogens is 3. The Morgan fingerprint density at radius 1 is 1.00 bits per heavy atom. The van der Waals surface area contributed by atoms with E-state index in [0.29, 0.717) is 28.2 Å². The van der Waals surface area contributed by atoms with Crippen molar-refractivity contribution in [1.29, 1.82) is 0 Å². The van der Waals surface area contributed by atoms with E-state index in [1.54, 1.807) is 18.2 Å². The minimum Gasteiger partial charge on any atom is -0.497 e. The Labute approximate surface area is 219 Å². The van der Waals surface area contributed by atoms with E-state index in [2.05, 4.69) is 34.0 Å². The lowest BCUT2D eigenvalue weighted by Crippen LogP contribution is -2.27. The number of thioether (sulfide) groups is 1. The number of nitrogens with zero attached hydrogens (tertiary/aromatic N) is 3. The van der Waals surface area contributed by atoms with Crippen LogP contribution in [0.2, 0.25) is 0 Å². The lowest BCUT2D eigenvalue weighted by Gasteiger charge is -2.13. The first-order valence-electron chi connectivity index (χ1n) is 11.4. The summed E-state index contributed by atoms with van der Waals surface area (Å²) in [7, 11) is -1.03. The molecule has 1 N–H and O–H groups in total. The molecule has 0 radical (unpaired) electrons. The second-order valence-corrected chi connectivity index (χ2v) is 10.8. The number of hydrogen-bond acceptors (Lipinski definition) is 7. The van der Waals surface area contributed by atoms with Crippen molar-refractivity contribution in [3.05, 3.63) is 89.5 Å². The maximum atomic E-state index is 13.6. The normalized spacial score (nSPS) is 11.5. The molecule has 0 atom stereocenters. The van der Waals surface area contributed by atoms with Crippen molar-refractivity contribution in [1.82, 2.24) is 19.5 Å². The molecule has 0 aliphatic rings. The highest BCUT2D eigenvalue weighted by atomic mass is 32.2. The van der Waals surface area contributed by atoms with Gasteiger partial charge in [-0.25, -0.2) is 17.5 Å². The van der Waals surface area contributed by atoms with Crippen LogP contribution in [0.1, 0.15) is 17.0 Å². The fourth-order valence-corrected chi connectivity index (χ4v) is 5.95. The zero-order valence-corrected chi connectivity index (χ0v) is 22.3. The molecule has 0 amide bonds. The van der Waals surface area contributed by atoms with Crippen molar-refractivity contribution in [2.45, 2.75) is 29.1 Å². The molecule has 4 rings (SSSR count). The predicted octanol–water partition coefficient (Wildman–Crippen LogP) is 4.55. The van der Waals surface area contributed by atoms with Gasteiger partial charge in [0.25, 0.3) is 0 Å². The Morgan fingerprint density at radius 2 is 1.76 bits per heavy atom. The first kappa shape index (κ1) is 26.6. The Morgan fingerprint density at radius 3 is 2.46 bits per heavy atom. The van der Waals surface area contributed by atoms with Gasteiger partial charge < -0.3 is 9.47 Å². The molecular formula is C26H27FN4O4S2. The smallest absolute Gasteiger partial charge is 0.244 e. The summed E-state index contributed by atoms with van der Waals surface area (Å²) >= 11 is 1.51. The van der Waals surface area contributed by atoms with E-state index in [0.717, 1.165) is 0 Å². The molecule has 0 bridgehead atoms. The van der Waals surface area contributed by atoms with Gasteiger partial charge in [-0.15, -0.1) is 10.2 Å². The van der Waals surface area contributed by atoms with E-state index in [9.17, 15) is 12.8 Å². The second-order valence-electron chi connectivity index (χ2n) is 8.09. The highest BCUT2D eigenvalue weighted by Gasteiger charge is 2.21. The highest BCUT2D eigenvalue weighted by molar-refractivity contribution is 7.98. The maximum Gasteiger partial charge on any atom is 0.244 e. The zero-order valence-electron chi connectivity index (χ0n) is 20.6. The summed E-state index contributed by atoms with van der Waals surface area (Å²) in [6.45, 7) is 2.11. The third-order valence-corrected chi connectivity index (χ3v) is 8.16. The lowest BCUT2D eigenvalue weighted by molar-refractivity contribution is 0.392. The molecule has 4 aromatic rings. The summed E-state index contributed by atoms with van der Waals surface area (Å²) in [6.07, 6.45) is 0.251. The van der Waals surface area contributed by atoms with Crippen molar-refractivity contribution in [3.8, 4) is 17.2 Å². The van der Waals surface area contributed by atoms with Gasteiger partial charge >= 0.3 is 0 Å². The average Bonchev–Trinajstić information content (AvgIpc) is 3.30. The van der Waals surface area contributed by atoms with Gasteiger partial charge in [0, 0.05) is 30.5 Å². The van der Waals surface area contributed by atoms with Gasteiger partial charge in [0.1, 0.15) is 28.0 Å². The summed E-state index contributed by atoms with van der Waals surface area (Å²) in [6, 6.07) is 18.7. The van der Waals surface area contributed by atoms with Crippen LogP contribution in [0.25, 0.3) is 5.69 Å². The molecule has 194 valence electrons. The van der Waals surface area contributed by atoms with Crippen molar-refractivity contribution >= 4 is 21.8 Å². The van der Waals surface area contributed by atoms with Gasteiger partial charge in [-0.1, -0.05) is 36.0 Å². The van der Waals surface area contributed by atoms with Gasteiger partial charge in [-0.05, 0) is 54.4 Å². The van der Waals surface area contributed by atoms with Gasteiger partial charge in [-0.2, -0.15) is 0 Å². The van der Waals surface area contributed by atoms with Crippen LogP contribution in [0, 0.1) is 12.7 Å². The van der Waals surface area contributed by atoms with Crippen LogP contribution in [0.4, 0.5) is 4.39 Å². The van der Waals surface area contributed by atoms with E-state index in [1.165, 1.54) is 61.4 Å². The van der Waals surface area contributed by atoms with Gasteiger partial charge in [0.2, 0.25) is 10.0 Å². The number of hydrogen-bond donors (Lipinski definition) is 1. The molecule has 0 aliphatic carbocycles. The highest BCUT2D eigenvalue weighted by Crippen LogP contribution is 2.29. The van der Waals surface area contributed by atoms with Crippen LogP contribution < -0.4 is 14.2 Å². The Hall–Kier alpha value is -3.41. The molecule has 0 saturated heterocycles. The third-order valence-electron chi connectivity index (χ3n) is 5.70. The quantitative estimate of drug-likeness (QED) is 0.278. The molecule has 0 fully saturated rings. The van der Waals surface area contributed by atoms with E-state index >= 15 is 0 Å². The molecule has 1 heterocycles. The summed E-state index contributed by atoms with van der Waals surface area (Å²) in [5, 5.41) is 9.30. The summed E-state index contributed by atoms with van der Waals surface area (Å²) in [4.78, 5) is -0.0242. The zero-order chi connectivity index (χ0) is 26.4. The topological polar surface area (TPSA) is 95.3 Å². The Balaban J connectivity index is 1.56. The fourth-order valence-electron chi connectivity index (χ4n) is 3.69. The second kappa shape index (κ2) is 11.8. The number of sulfonamides is 1. The molecule has 1 aromatic heterocycles. The molecule has 0 saturated carbocycles. The molecule has 37 heavy (non-hydrogen) atoms. The number of halogens is 1. The third kappa shape index (κ3) is 6.30. The standard InChI is InChI=1S/C26H27FN4O4S2/c1-18-6-4-5-7-19(18)17-36-26-30-29-25(31(26)21-10-8-20(27)9-11-21)14-15-28-37(32,33)24-16-22(34-2)12-13-23(24)35-3/h4-13,16,28H,14-15,17H2,1-3H3. The number of rotatable bonds is 11. The number of ether oxygens (including phenoxy) is 2. The summed E-state index contributed by atoms with van der Waals surface area (Å²) in [5.41, 5.74) is 3.03. The van der Waals surface area contributed by atoms with Crippen molar-refractivity contribution in [3.63, 3.8) is 0 Å². The van der Waals surface area contributed by atoms with E-state index in [-0.39, 0.29) is 29.4 Å². The van der Waals surface area contributed by atoms with Crippen molar-refractivity contribution in [2.75, 3.05) is 20.8 Å². The van der Waals surface area contributed by atoms with Gasteiger partial charge in [-0.3, -0.25) is 4.57 Å². The minimum atomic E-state index is -3.90. The minimum absolute atomic E-state index is 0.0242. The van der Waals surface area contributed by atoms with E-state index in [4.69, 9.17) is 9.47 Å². The molecular weight excluding hydrogens is 515 g/mol. The SMILES string of the molecule is COc1ccc(OC)c(S(=O)(=O)NCCc2nnc(SCc3ccccc3C)n2-c2ccc(F)cc2)c1. The van der Waals surface area contributed by atoms with Crippen LogP contribution in [0.3, 0.4) is 0 Å². The van der Waals surface area contributed by atoms with E-state index in [1.807, 2.05) is 16.7 Å². The maximum absolute atomic E-state index is 13.6. The average molecular weight is 543 g/mol. The largest absolute Gasteiger partial charge is 0.497 e. The van der Waals surface area contributed by atoms with Crippen molar-refractivity contribution in [2.24, 2.45) is 0 Å². The summed E-state index contributed by atoms with van der Waals surface area (Å²) in [5.74, 6) is 1.46. The number of aryl methyl sites for hydroxylation is 1. The van der Waals surface area contributed by atoms with Crippen LogP contribution in [-0.2, 0) is 22.2 Å². The molecule has 8 nitrogen and oxygen atoms in total. The van der Waals surface area contributed by atoms with Crippen molar-refractivity contribution < 1.29 is 22.3 Å². The lowest BCUT2D eigenvalue weighted by atomic mass is 10.1. The van der Waals surface area contributed by atoms with Gasteiger partial charge in [0.15, 0.2) is 5.16 Å². The van der Waals surface area contributed by atoms with Crippen LogP contribution in [0.15, 0.2) is 76.8 Å². The van der Waals surface area contributed by atoms with Crippen LogP contribution in [-0.4, -0.2) is 43.9 Å². The number of methoxy groups -OCH3 is 2. The molecule has 0 unspecified atom stereocenters. The fraction of sp³-hybridized carbons (Fsp3) is 0.231. The first-order valence-corrected chi connectivity index (χ1v) is 13.9. The summed E-state index contributed by atoms with van der Waals surface area (Å²) < 4.78 is 54.5.